The fourth-order valence-electron chi connectivity index (χ4n) is 4.99. The molecule has 0 saturated carbocycles. The summed E-state index contributed by atoms with van der Waals surface area (Å²) >= 11 is 0. The molecule has 0 aliphatic carbocycles. The number of hydrogen-bond donors (Lipinski definition) is 0. The van der Waals surface area contributed by atoms with Gasteiger partial charge in [-0.3, -0.25) is 0 Å². The van der Waals surface area contributed by atoms with Crippen molar-refractivity contribution in [2.75, 3.05) is 0 Å². The largest absolute Gasteiger partial charge is 0.205 e. The number of rotatable bonds is 25. The Morgan fingerprint density at radius 1 is 0.485 bits per heavy atom. The van der Waals surface area contributed by atoms with Gasteiger partial charge < -0.3 is 0 Å². The van der Waals surface area contributed by atoms with E-state index < -0.39 is 0 Å². The van der Waals surface area contributed by atoms with E-state index in [1.807, 2.05) is 0 Å². The summed E-state index contributed by atoms with van der Waals surface area (Å²) in [5.74, 6) is 0. The van der Waals surface area contributed by atoms with Gasteiger partial charge in [-0.2, -0.15) is 0 Å². The van der Waals surface area contributed by atoms with Crippen LogP contribution >= 0.6 is 0 Å². The van der Waals surface area contributed by atoms with Crippen LogP contribution in [0.15, 0.2) is 24.5 Å². The molecule has 1 nitrogen and oxygen atoms in total. The highest BCUT2D eigenvalue weighted by atomic mass is 14.9. The zero-order chi connectivity index (χ0) is 23.7. The van der Waals surface area contributed by atoms with Crippen LogP contribution in [-0.4, -0.2) is 0 Å². The van der Waals surface area contributed by atoms with Gasteiger partial charge in [-0.05, 0) is 25.3 Å². The van der Waals surface area contributed by atoms with E-state index in [0.717, 1.165) is 0 Å². The standard InChI is InChI=1S/C32H60N/c1-3-5-7-9-11-12-13-14-15-16-17-18-19-21-23-25-29-33-30-26-28-32(31-33)27-24-22-20-10-8-6-4-2/h26,28,30-31H,3-25,27,29H2,1-2H3/q+1. The van der Waals surface area contributed by atoms with Crippen LogP contribution in [-0.2, 0) is 13.0 Å². The van der Waals surface area contributed by atoms with Gasteiger partial charge in [0.05, 0.1) is 0 Å². The lowest BCUT2D eigenvalue weighted by molar-refractivity contribution is -0.697. The minimum Gasteiger partial charge on any atom is -0.205 e. The quantitative estimate of drug-likeness (QED) is 0.101. The molecule has 0 atom stereocenters. The molecular weight excluding hydrogens is 398 g/mol. The van der Waals surface area contributed by atoms with Crippen molar-refractivity contribution in [3.05, 3.63) is 30.1 Å². The smallest absolute Gasteiger partial charge is 0.171 e. The van der Waals surface area contributed by atoms with Gasteiger partial charge in [-0.1, -0.05) is 142 Å². The molecule has 0 saturated heterocycles. The first-order chi connectivity index (χ1) is 16.4. The molecule has 0 aliphatic heterocycles. The van der Waals surface area contributed by atoms with Crippen LogP contribution in [0.3, 0.4) is 0 Å². The van der Waals surface area contributed by atoms with Crippen molar-refractivity contribution in [1.82, 2.24) is 0 Å². The highest BCUT2D eigenvalue weighted by Gasteiger charge is 2.03. The van der Waals surface area contributed by atoms with Gasteiger partial charge in [0.2, 0.25) is 0 Å². The number of nitrogens with zero attached hydrogens (tertiary/aromatic N) is 1. The van der Waals surface area contributed by atoms with Gasteiger partial charge in [-0.25, -0.2) is 4.57 Å². The predicted molar refractivity (Wildman–Crippen MR) is 148 cm³/mol. The van der Waals surface area contributed by atoms with Gasteiger partial charge >= 0.3 is 0 Å². The maximum absolute atomic E-state index is 2.43. The van der Waals surface area contributed by atoms with Crippen LogP contribution in [0.1, 0.15) is 167 Å². The van der Waals surface area contributed by atoms with E-state index in [9.17, 15) is 0 Å². The molecular formula is C32H60N+. The van der Waals surface area contributed by atoms with Crippen molar-refractivity contribution >= 4 is 0 Å². The van der Waals surface area contributed by atoms with E-state index in [4.69, 9.17) is 0 Å². The maximum atomic E-state index is 2.43. The Labute approximate surface area is 209 Å². The third-order valence-electron chi connectivity index (χ3n) is 7.26. The fourth-order valence-corrected chi connectivity index (χ4v) is 4.99. The van der Waals surface area contributed by atoms with E-state index >= 15 is 0 Å². The van der Waals surface area contributed by atoms with E-state index in [-0.39, 0.29) is 0 Å². The first-order valence-corrected chi connectivity index (χ1v) is 15.3. The SMILES string of the molecule is CCCCCCCCCCCCCCCCCC[n+]1cccc(CCCCCCCCC)c1. The molecule has 1 rings (SSSR count). The molecule has 33 heavy (non-hydrogen) atoms. The molecule has 1 aromatic heterocycles. The number of aryl methyl sites for hydroxylation is 2. The molecule has 0 amide bonds. The van der Waals surface area contributed by atoms with Gasteiger partial charge in [-0.15, -0.1) is 0 Å². The topological polar surface area (TPSA) is 3.88 Å². The summed E-state index contributed by atoms with van der Waals surface area (Å²) < 4.78 is 2.43. The molecule has 0 unspecified atom stereocenters. The number of hydrogen-bond acceptors (Lipinski definition) is 0. The molecule has 0 bridgehead atoms. The van der Waals surface area contributed by atoms with Crippen molar-refractivity contribution in [2.24, 2.45) is 0 Å². The van der Waals surface area contributed by atoms with Gasteiger partial charge in [0, 0.05) is 18.1 Å². The summed E-state index contributed by atoms with van der Waals surface area (Å²) in [5, 5.41) is 0. The average molecular weight is 459 g/mol. The third-order valence-corrected chi connectivity index (χ3v) is 7.26. The van der Waals surface area contributed by atoms with Crippen LogP contribution in [0.2, 0.25) is 0 Å². The zero-order valence-electron chi connectivity index (χ0n) is 22.9. The minimum absolute atomic E-state index is 1.20. The summed E-state index contributed by atoms with van der Waals surface area (Å²) in [4.78, 5) is 0. The fraction of sp³-hybridized carbons (Fsp3) is 0.844. The molecule has 0 N–H and O–H groups in total. The zero-order valence-corrected chi connectivity index (χ0v) is 22.9. The van der Waals surface area contributed by atoms with E-state index in [0.29, 0.717) is 0 Å². The molecule has 0 spiro atoms. The monoisotopic (exact) mass is 458 g/mol. The Bertz CT molecular complexity index is 509. The van der Waals surface area contributed by atoms with Crippen molar-refractivity contribution in [3.8, 4) is 0 Å². The van der Waals surface area contributed by atoms with Gasteiger partial charge in [0.15, 0.2) is 12.4 Å². The second-order valence-corrected chi connectivity index (χ2v) is 10.6. The number of unbranched alkanes of at least 4 members (excludes halogenated alkanes) is 21. The molecule has 192 valence electrons. The Morgan fingerprint density at radius 3 is 1.33 bits per heavy atom. The van der Waals surface area contributed by atoms with Crippen LogP contribution in [0.4, 0.5) is 0 Å². The highest BCUT2D eigenvalue weighted by molar-refractivity contribution is 5.05. The lowest BCUT2D eigenvalue weighted by Gasteiger charge is -2.04. The molecule has 1 heteroatoms. The summed E-state index contributed by atoms with van der Waals surface area (Å²) in [7, 11) is 0. The molecule has 1 heterocycles. The van der Waals surface area contributed by atoms with Crippen LogP contribution < -0.4 is 4.57 Å². The molecule has 0 aliphatic rings. The van der Waals surface area contributed by atoms with Gasteiger partial charge in [0.1, 0.15) is 6.54 Å². The minimum atomic E-state index is 1.20. The third kappa shape index (κ3) is 20.3. The lowest BCUT2D eigenvalue weighted by Crippen LogP contribution is -2.33. The number of aromatic nitrogens is 1. The Morgan fingerprint density at radius 2 is 0.879 bits per heavy atom. The molecule has 0 radical (unpaired) electrons. The van der Waals surface area contributed by atoms with Crippen molar-refractivity contribution in [1.29, 1.82) is 0 Å². The van der Waals surface area contributed by atoms with E-state index in [1.54, 1.807) is 0 Å². The second kappa shape index (κ2) is 24.3. The lowest BCUT2D eigenvalue weighted by atomic mass is 10.0. The van der Waals surface area contributed by atoms with Crippen molar-refractivity contribution in [3.63, 3.8) is 0 Å². The maximum Gasteiger partial charge on any atom is 0.171 e. The Hall–Kier alpha value is -0.850. The van der Waals surface area contributed by atoms with Crippen LogP contribution in [0.5, 0.6) is 0 Å². The summed E-state index contributed by atoms with van der Waals surface area (Å²) in [6, 6.07) is 4.57. The van der Waals surface area contributed by atoms with Crippen molar-refractivity contribution < 1.29 is 4.57 Å². The first kappa shape index (κ1) is 30.2. The molecule has 0 aromatic carbocycles. The Kier molecular flexibility index (Phi) is 22.2. The second-order valence-electron chi connectivity index (χ2n) is 10.6. The summed E-state index contributed by atoms with van der Waals surface area (Å²) in [6.07, 6.45) is 38.8. The number of pyridine rings is 1. The average Bonchev–Trinajstić information content (AvgIpc) is 2.83. The predicted octanol–water partition coefficient (Wildman–Crippen LogP) is 10.5. The first-order valence-electron chi connectivity index (χ1n) is 15.3. The Balaban J connectivity index is 1.88. The van der Waals surface area contributed by atoms with Crippen LogP contribution in [0, 0.1) is 0 Å². The van der Waals surface area contributed by atoms with Crippen LogP contribution in [0.25, 0.3) is 0 Å². The van der Waals surface area contributed by atoms with Gasteiger partial charge in [0.25, 0.3) is 0 Å². The van der Waals surface area contributed by atoms with Crippen molar-refractivity contribution in [2.45, 2.75) is 174 Å². The molecule has 0 fully saturated rings. The molecule has 1 aromatic rings. The van der Waals surface area contributed by atoms with E-state index in [2.05, 4.69) is 42.9 Å². The van der Waals surface area contributed by atoms with E-state index in [1.165, 1.54) is 166 Å². The highest BCUT2D eigenvalue weighted by Crippen LogP contribution is 2.14. The summed E-state index contributed by atoms with van der Waals surface area (Å²) in [5.41, 5.74) is 1.53. The normalized spacial score (nSPS) is 11.3. The summed E-state index contributed by atoms with van der Waals surface area (Å²) in [6.45, 7) is 5.80.